The van der Waals surface area contributed by atoms with Crippen LogP contribution in [-0.4, -0.2) is 46.9 Å². The lowest BCUT2D eigenvalue weighted by molar-refractivity contribution is -0.131. The first-order chi connectivity index (χ1) is 14.3. The highest BCUT2D eigenvalue weighted by Gasteiger charge is 2.52. The van der Waals surface area contributed by atoms with Crippen LogP contribution >= 0.6 is 0 Å². The molecule has 1 saturated heterocycles. The van der Waals surface area contributed by atoms with Crippen molar-refractivity contribution in [2.24, 2.45) is 0 Å². The van der Waals surface area contributed by atoms with Crippen molar-refractivity contribution in [2.45, 2.75) is 64.1 Å². The molecule has 4 N–H and O–H groups in total. The number of imide groups is 1. The fraction of sp³-hybridized carbons (Fsp3) is 0.524. The van der Waals surface area contributed by atoms with E-state index in [1.807, 2.05) is 26.0 Å². The molecule has 1 heterocycles. The molecular formula is C21H29N5O4. The first kappa shape index (κ1) is 21.6. The third kappa shape index (κ3) is 5.08. The molecule has 9 nitrogen and oxygen atoms in total. The second-order valence-electron chi connectivity index (χ2n) is 8.15. The van der Waals surface area contributed by atoms with Crippen molar-refractivity contribution in [2.75, 3.05) is 11.9 Å². The summed E-state index contributed by atoms with van der Waals surface area (Å²) in [6.45, 7) is 4.15. The highest BCUT2D eigenvalue weighted by Crippen LogP contribution is 2.34. The lowest BCUT2D eigenvalue weighted by atomic mass is 9.98. The summed E-state index contributed by atoms with van der Waals surface area (Å²) in [5, 5.41) is 11.1. The lowest BCUT2D eigenvalue weighted by Crippen LogP contribution is -2.44. The van der Waals surface area contributed by atoms with Crippen molar-refractivity contribution in [1.29, 1.82) is 0 Å². The van der Waals surface area contributed by atoms with Gasteiger partial charge in [-0.05, 0) is 44.4 Å². The minimum atomic E-state index is -0.741. The number of benzene rings is 1. The van der Waals surface area contributed by atoms with E-state index in [0.29, 0.717) is 25.1 Å². The third-order valence-corrected chi connectivity index (χ3v) is 5.39. The van der Waals surface area contributed by atoms with Crippen LogP contribution < -0.4 is 21.3 Å². The van der Waals surface area contributed by atoms with E-state index in [1.165, 1.54) is 0 Å². The van der Waals surface area contributed by atoms with Crippen molar-refractivity contribution in [3.63, 3.8) is 0 Å². The molecule has 0 radical (unpaired) electrons. The minimum absolute atomic E-state index is 0.0464. The fourth-order valence-electron chi connectivity index (χ4n) is 3.83. The molecule has 2 aliphatic rings. The molecule has 1 spiro atoms. The average Bonchev–Trinajstić information content (AvgIpc) is 3.24. The van der Waals surface area contributed by atoms with Crippen LogP contribution in [0.25, 0.3) is 0 Å². The molecule has 162 valence electrons. The Hall–Kier alpha value is -3.10. The van der Waals surface area contributed by atoms with Crippen LogP contribution in [0.15, 0.2) is 24.3 Å². The predicted octanol–water partition coefficient (Wildman–Crippen LogP) is 2.09. The zero-order valence-electron chi connectivity index (χ0n) is 17.4. The number of hydrogen-bond donors (Lipinski definition) is 4. The van der Waals surface area contributed by atoms with Gasteiger partial charge in [-0.3, -0.25) is 14.5 Å². The summed E-state index contributed by atoms with van der Waals surface area (Å²) in [7, 11) is 0. The fourth-order valence-corrected chi connectivity index (χ4v) is 3.83. The van der Waals surface area contributed by atoms with Crippen molar-refractivity contribution in [1.82, 2.24) is 20.9 Å². The predicted molar refractivity (Wildman–Crippen MR) is 112 cm³/mol. The highest BCUT2D eigenvalue weighted by atomic mass is 16.2. The Morgan fingerprint density at radius 1 is 1.13 bits per heavy atom. The quantitative estimate of drug-likeness (QED) is 0.510. The summed E-state index contributed by atoms with van der Waals surface area (Å²) < 4.78 is 0. The molecule has 0 unspecified atom stereocenters. The van der Waals surface area contributed by atoms with Gasteiger partial charge in [-0.15, -0.1) is 0 Å². The zero-order chi connectivity index (χ0) is 21.7. The molecule has 0 aromatic heterocycles. The van der Waals surface area contributed by atoms with Gasteiger partial charge in [-0.1, -0.05) is 25.0 Å². The van der Waals surface area contributed by atoms with Crippen molar-refractivity contribution < 1.29 is 19.2 Å². The summed E-state index contributed by atoms with van der Waals surface area (Å²) >= 11 is 0. The molecule has 1 aromatic rings. The van der Waals surface area contributed by atoms with E-state index in [2.05, 4.69) is 21.3 Å². The molecule has 0 bridgehead atoms. The number of carbonyl (C=O) groups is 4. The van der Waals surface area contributed by atoms with Crippen LogP contribution in [0.2, 0.25) is 0 Å². The van der Waals surface area contributed by atoms with Gasteiger partial charge in [0.2, 0.25) is 5.91 Å². The monoisotopic (exact) mass is 415 g/mol. The smallest absolute Gasteiger partial charge is 0.325 e. The number of hydrogen-bond acceptors (Lipinski definition) is 4. The minimum Gasteiger partial charge on any atom is -0.352 e. The molecule has 1 aliphatic heterocycles. The van der Waals surface area contributed by atoms with Crippen LogP contribution in [0.5, 0.6) is 0 Å². The van der Waals surface area contributed by atoms with Crippen LogP contribution in [-0.2, 0) is 16.1 Å². The van der Waals surface area contributed by atoms with Crippen LogP contribution in [0.1, 0.15) is 51.5 Å². The third-order valence-electron chi connectivity index (χ3n) is 5.39. The van der Waals surface area contributed by atoms with Crippen LogP contribution in [0.3, 0.4) is 0 Å². The zero-order valence-corrected chi connectivity index (χ0v) is 17.4. The number of nitrogens with one attached hydrogen (secondary N) is 4. The van der Waals surface area contributed by atoms with Gasteiger partial charge in [-0.25, -0.2) is 9.59 Å². The second-order valence-corrected chi connectivity index (χ2v) is 8.15. The first-order valence-corrected chi connectivity index (χ1v) is 10.4. The van der Waals surface area contributed by atoms with E-state index < -0.39 is 11.6 Å². The maximum Gasteiger partial charge on any atom is 0.325 e. The Labute approximate surface area is 175 Å². The Morgan fingerprint density at radius 2 is 1.80 bits per heavy atom. The van der Waals surface area contributed by atoms with E-state index in [-0.39, 0.29) is 36.9 Å². The number of nitrogens with zero attached hydrogens (tertiary/aromatic N) is 1. The molecule has 1 aliphatic carbocycles. The van der Waals surface area contributed by atoms with E-state index in [1.54, 1.807) is 12.1 Å². The maximum atomic E-state index is 12.6. The topological polar surface area (TPSA) is 120 Å². The first-order valence-electron chi connectivity index (χ1n) is 10.4. The van der Waals surface area contributed by atoms with Gasteiger partial charge in [0.25, 0.3) is 5.91 Å². The Morgan fingerprint density at radius 3 is 2.43 bits per heavy atom. The number of urea groups is 2. The van der Waals surface area contributed by atoms with Gasteiger partial charge in [0.05, 0.1) is 0 Å². The van der Waals surface area contributed by atoms with Gasteiger partial charge >= 0.3 is 12.1 Å². The molecule has 0 atom stereocenters. The molecule has 3 rings (SSSR count). The average molecular weight is 415 g/mol. The van der Waals surface area contributed by atoms with Crippen molar-refractivity contribution in [3.8, 4) is 0 Å². The summed E-state index contributed by atoms with van der Waals surface area (Å²) in [4.78, 5) is 49.7. The molecule has 1 saturated carbocycles. The lowest BCUT2D eigenvalue weighted by Gasteiger charge is -2.19. The van der Waals surface area contributed by atoms with E-state index in [9.17, 15) is 19.2 Å². The molecule has 2 fully saturated rings. The SMILES string of the molecule is CC(C)NC(=O)Nc1ccc(CNC(=O)CCN2C(=O)NC3(CCCC3)C2=O)cc1. The molecule has 1 aromatic carbocycles. The molecule has 6 amide bonds. The largest absolute Gasteiger partial charge is 0.352 e. The molecular weight excluding hydrogens is 386 g/mol. The van der Waals surface area contributed by atoms with E-state index in [0.717, 1.165) is 23.3 Å². The summed E-state index contributed by atoms with van der Waals surface area (Å²) in [5.74, 6) is -0.441. The Kier molecular flexibility index (Phi) is 6.59. The van der Waals surface area contributed by atoms with Gasteiger partial charge in [0, 0.05) is 31.2 Å². The summed E-state index contributed by atoms with van der Waals surface area (Å²) in [6.07, 6.45) is 3.26. The van der Waals surface area contributed by atoms with E-state index >= 15 is 0 Å². The van der Waals surface area contributed by atoms with Gasteiger partial charge in [0.1, 0.15) is 5.54 Å². The number of amides is 6. The normalized spacial score (nSPS) is 17.4. The van der Waals surface area contributed by atoms with Crippen LogP contribution in [0.4, 0.5) is 15.3 Å². The van der Waals surface area contributed by atoms with Crippen molar-refractivity contribution in [3.05, 3.63) is 29.8 Å². The van der Waals surface area contributed by atoms with Gasteiger partial charge < -0.3 is 21.3 Å². The number of rotatable bonds is 7. The standard InChI is InChI=1S/C21H29N5O4/c1-14(2)23-19(29)24-16-7-5-15(6-8-16)13-22-17(27)9-12-26-18(28)21(25-20(26)30)10-3-4-11-21/h5-8,14H,3-4,9-13H2,1-2H3,(H,22,27)(H,25,30)(H2,23,24,29). The van der Waals surface area contributed by atoms with Gasteiger partial charge in [-0.2, -0.15) is 0 Å². The second kappa shape index (κ2) is 9.15. The highest BCUT2D eigenvalue weighted by molar-refractivity contribution is 6.07. The maximum absolute atomic E-state index is 12.6. The van der Waals surface area contributed by atoms with Gasteiger partial charge in [0.15, 0.2) is 0 Å². The van der Waals surface area contributed by atoms with E-state index in [4.69, 9.17) is 0 Å². The number of anilines is 1. The summed E-state index contributed by atoms with van der Waals surface area (Å²) in [5.41, 5.74) is 0.788. The molecule has 30 heavy (non-hydrogen) atoms. The number of carbonyl (C=O) groups excluding carboxylic acids is 4. The Bertz CT molecular complexity index is 815. The van der Waals surface area contributed by atoms with Crippen LogP contribution in [0, 0.1) is 0 Å². The summed E-state index contributed by atoms with van der Waals surface area (Å²) in [6, 6.07) is 6.51. The Balaban J connectivity index is 1.42. The molecule has 9 heteroatoms. The van der Waals surface area contributed by atoms with Crippen molar-refractivity contribution >= 4 is 29.6 Å².